The van der Waals surface area contributed by atoms with E-state index in [4.69, 9.17) is 26.3 Å². The molecule has 0 fully saturated rings. The Balaban J connectivity index is 3.70. The van der Waals surface area contributed by atoms with Gasteiger partial charge in [-0.15, -0.1) is 0 Å². The Kier molecular flexibility index (Phi) is 5.30. The van der Waals surface area contributed by atoms with Gasteiger partial charge in [-0.25, -0.2) is 0 Å². The van der Waals surface area contributed by atoms with Gasteiger partial charge in [-0.3, -0.25) is 11.3 Å². The highest BCUT2D eigenvalue weighted by Crippen LogP contribution is 1.97. The Bertz CT molecular complexity index is 102. The lowest BCUT2D eigenvalue weighted by Crippen LogP contribution is -2.46. The highest BCUT2D eigenvalue weighted by atomic mass is 16.4. The quantitative estimate of drug-likeness (QED) is 0.186. The van der Waals surface area contributed by atoms with Crippen LogP contribution < -0.4 is 11.3 Å². The lowest BCUT2D eigenvalue weighted by atomic mass is 10.1. The largest absolute Gasteiger partial charge is 0.394 e. The Morgan fingerprint density at radius 2 is 1.73 bits per heavy atom. The van der Waals surface area contributed by atoms with Gasteiger partial charge >= 0.3 is 0 Å². The van der Waals surface area contributed by atoms with Crippen molar-refractivity contribution in [2.24, 2.45) is 5.84 Å². The van der Waals surface area contributed by atoms with Crippen LogP contribution in [0.2, 0.25) is 0 Å². The third-order valence-electron chi connectivity index (χ3n) is 1.30. The maximum atomic E-state index is 8.96. The Hall–Kier alpha value is -0.240. The van der Waals surface area contributed by atoms with E-state index in [2.05, 4.69) is 5.43 Å². The molecule has 0 aliphatic rings. The molecule has 0 saturated carbocycles. The van der Waals surface area contributed by atoms with E-state index in [0.717, 1.165) is 0 Å². The molecule has 0 saturated heterocycles. The number of hydrogen-bond donors (Lipinski definition) is 6. The number of aliphatic hydroxyl groups is 4. The van der Waals surface area contributed by atoms with Gasteiger partial charge in [0.1, 0.15) is 12.2 Å². The molecule has 0 aromatic rings. The Morgan fingerprint density at radius 1 is 1.18 bits per heavy atom. The molecule has 11 heavy (non-hydrogen) atoms. The maximum absolute atomic E-state index is 8.96. The third kappa shape index (κ3) is 3.61. The molecule has 0 spiro atoms. The summed E-state index contributed by atoms with van der Waals surface area (Å²) in [5.74, 6) is 4.84. The summed E-state index contributed by atoms with van der Waals surface area (Å²) in [6.45, 7) is -0.638. The van der Waals surface area contributed by atoms with Crippen molar-refractivity contribution in [3.05, 3.63) is 0 Å². The summed E-state index contributed by atoms with van der Waals surface area (Å²) in [5.41, 5.74) is 2.12. The van der Waals surface area contributed by atoms with Crippen LogP contribution in [-0.4, -0.2) is 51.9 Å². The summed E-state index contributed by atoms with van der Waals surface area (Å²) >= 11 is 0. The minimum Gasteiger partial charge on any atom is -0.394 e. The first-order chi connectivity index (χ1) is 5.13. The summed E-state index contributed by atoms with van der Waals surface area (Å²) in [7, 11) is 0. The molecule has 0 unspecified atom stereocenters. The van der Waals surface area contributed by atoms with E-state index in [-0.39, 0.29) is 6.54 Å². The molecule has 68 valence electrons. The van der Waals surface area contributed by atoms with Crippen molar-refractivity contribution >= 4 is 0 Å². The molecule has 0 aromatic carbocycles. The van der Waals surface area contributed by atoms with Crippen LogP contribution in [0.25, 0.3) is 0 Å². The number of aliphatic hydroxyl groups excluding tert-OH is 4. The molecule has 0 bridgehead atoms. The second-order valence-electron chi connectivity index (χ2n) is 2.22. The van der Waals surface area contributed by atoms with Gasteiger partial charge in [0, 0.05) is 6.54 Å². The first kappa shape index (κ1) is 10.8. The molecule has 3 atom stereocenters. The van der Waals surface area contributed by atoms with Gasteiger partial charge in [-0.2, -0.15) is 0 Å². The molecule has 0 radical (unpaired) electrons. The summed E-state index contributed by atoms with van der Waals surface area (Å²) in [6, 6.07) is 0. The summed E-state index contributed by atoms with van der Waals surface area (Å²) < 4.78 is 0. The molecule has 0 heterocycles. The van der Waals surface area contributed by atoms with E-state index >= 15 is 0 Å². The lowest BCUT2D eigenvalue weighted by Gasteiger charge is -2.20. The number of hydrazine groups is 1. The smallest absolute Gasteiger partial charge is 0.109 e. The van der Waals surface area contributed by atoms with Crippen molar-refractivity contribution in [1.82, 2.24) is 5.43 Å². The maximum Gasteiger partial charge on any atom is 0.109 e. The monoisotopic (exact) mass is 166 g/mol. The summed E-state index contributed by atoms with van der Waals surface area (Å²) in [4.78, 5) is 0. The van der Waals surface area contributed by atoms with Gasteiger partial charge in [0.2, 0.25) is 0 Å². The molecule has 6 nitrogen and oxygen atoms in total. The van der Waals surface area contributed by atoms with Crippen LogP contribution in [0.15, 0.2) is 0 Å². The first-order valence-electron chi connectivity index (χ1n) is 3.22. The van der Waals surface area contributed by atoms with E-state index in [9.17, 15) is 0 Å². The van der Waals surface area contributed by atoms with Gasteiger partial charge in [0.05, 0.1) is 12.7 Å². The van der Waals surface area contributed by atoms with E-state index in [1.807, 2.05) is 0 Å². The Labute approximate surface area is 64.2 Å². The van der Waals surface area contributed by atoms with Crippen molar-refractivity contribution in [2.45, 2.75) is 18.3 Å². The van der Waals surface area contributed by atoms with Crippen LogP contribution in [-0.2, 0) is 0 Å². The fourth-order valence-corrected chi connectivity index (χ4v) is 0.606. The standard InChI is InChI=1S/C5H14N2O4/c6-7-1-3(9)5(11)4(10)2-8/h3-5,7-11H,1-2,6H2/t3-,4+,5-/m0/s1. The average molecular weight is 166 g/mol. The predicted molar refractivity (Wildman–Crippen MR) is 37.3 cm³/mol. The van der Waals surface area contributed by atoms with Gasteiger partial charge in [0.25, 0.3) is 0 Å². The highest BCUT2D eigenvalue weighted by molar-refractivity contribution is 4.75. The van der Waals surface area contributed by atoms with Crippen molar-refractivity contribution < 1.29 is 20.4 Å². The van der Waals surface area contributed by atoms with Crippen molar-refractivity contribution in [2.75, 3.05) is 13.2 Å². The zero-order valence-electron chi connectivity index (χ0n) is 6.01. The van der Waals surface area contributed by atoms with Crippen molar-refractivity contribution in [1.29, 1.82) is 0 Å². The van der Waals surface area contributed by atoms with Crippen LogP contribution in [0.5, 0.6) is 0 Å². The zero-order valence-corrected chi connectivity index (χ0v) is 6.01. The van der Waals surface area contributed by atoms with Crippen LogP contribution in [0.4, 0.5) is 0 Å². The van der Waals surface area contributed by atoms with Gasteiger partial charge in [0.15, 0.2) is 0 Å². The minimum absolute atomic E-state index is 0.0434. The second kappa shape index (κ2) is 5.42. The molecular formula is C5H14N2O4. The van der Waals surface area contributed by atoms with E-state index in [1.54, 1.807) is 0 Å². The van der Waals surface area contributed by atoms with Crippen LogP contribution in [0, 0.1) is 0 Å². The molecule has 0 aromatic heterocycles. The molecular weight excluding hydrogens is 152 g/mol. The number of nitrogens with one attached hydrogen (secondary N) is 1. The highest BCUT2D eigenvalue weighted by Gasteiger charge is 2.22. The fourth-order valence-electron chi connectivity index (χ4n) is 0.606. The predicted octanol–water partition coefficient (Wildman–Crippen LogP) is -3.48. The molecule has 0 aliphatic carbocycles. The summed E-state index contributed by atoms with van der Waals surface area (Å²) in [5, 5.41) is 35.1. The van der Waals surface area contributed by atoms with Crippen LogP contribution in [0.3, 0.4) is 0 Å². The van der Waals surface area contributed by atoms with Crippen molar-refractivity contribution in [3.8, 4) is 0 Å². The van der Waals surface area contributed by atoms with Gasteiger partial charge in [-0.05, 0) is 0 Å². The number of hydrogen-bond acceptors (Lipinski definition) is 6. The van der Waals surface area contributed by atoms with E-state index < -0.39 is 24.9 Å². The van der Waals surface area contributed by atoms with Crippen LogP contribution in [0.1, 0.15) is 0 Å². The molecule has 0 amide bonds. The van der Waals surface area contributed by atoms with Crippen LogP contribution >= 0.6 is 0 Å². The van der Waals surface area contributed by atoms with Crippen molar-refractivity contribution in [3.63, 3.8) is 0 Å². The molecule has 0 aliphatic heterocycles. The number of rotatable bonds is 5. The number of nitrogens with two attached hydrogens (primary N) is 1. The Morgan fingerprint density at radius 3 is 2.09 bits per heavy atom. The fraction of sp³-hybridized carbons (Fsp3) is 1.00. The topological polar surface area (TPSA) is 119 Å². The lowest BCUT2D eigenvalue weighted by molar-refractivity contribution is -0.0749. The van der Waals surface area contributed by atoms with Gasteiger partial charge < -0.3 is 20.4 Å². The summed E-state index contributed by atoms with van der Waals surface area (Å²) in [6.07, 6.45) is -3.89. The molecule has 0 rings (SSSR count). The SMILES string of the molecule is NNC[C@H](O)[C@H](O)[C@H](O)CO. The minimum atomic E-state index is -1.38. The van der Waals surface area contributed by atoms with E-state index in [0.29, 0.717) is 0 Å². The first-order valence-corrected chi connectivity index (χ1v) is 3.22. The third-order valence-corrected chi connectivity index (χ3v) is 1.30. The zero-order chi connectivity index (χ0) is 8.85. The average Bonchev–Trinajstić information content (AvgIpc) is 2.02. The normalized spacial score (nSPS) is 19.4. The second-order valence-corrected chi connectivity index (χ2v) is 2.22. The molecule has 6 heteroatoms. The van der Waals surface area contributed by atoms with Gasteiger partial charge in [-0.1, -0.05) is 0 Å². The van der Waals surface area contributed by atoms with E-state index in [1.165, 1.54) is 0 Å². The molecule has 7 N–H and O–H groups in total.